The fraction of sp³-hybridized carbons (Fsp3) is 0.833. The Morgan fingerprint density at radius 3 is 3.00 bits per heavy atom. The Bertz CT molecular complexity index is 124. The molecule has 0 aromatic carbocycles. The van der Waals surface area contributed by atoms with Crippen molar-refractivity contribution in [3.05, 3.63) is 0 Å². The Kier molecular flexibility index (Phi) is 2.50. The lowest BCUT2D eigenvalue weighted by Gasteiger charge is -2.24. The number of nitrogens with zero attached hydrogens (tertiary/aromatic N) is 1. The molecule has 0 aromatic heterocycles. The van der Waals surface area contributed by atoms with Gasteiger partial charge in [-0.2, -0.15) is 0 Å². The highest BCUT2D eigenvalue weighted by atomic mass is 16.6. The number of hydrogen-bond donors (Lipinski definition) is 0. The van der Waals surface area contributed by atoms with Gasteiger partial charge >= 0.3 is 6.09 Å². The molecule has 1 saturated heterocycles. The zero-order valence-electron chi connectivity index (χ0n) is 5.71. The van der Waals surface area contributed by atoms with E-state index >= 15 is 0 Å². The van der Waals surface area contributed by atoms with Crippen LogP contribution < -0.4 is 0 Å². The molecule has 1 aliphatic heterocycles. The van der Waals surface area contributed by atoms with Crippen molar-refractivity contribution in [3.8, 4) is 0 Å². The van der Waals surface area contributed by atoms with Crippen LogP contribution in [0.1, 0.15) is 6.42 Å². The van der Waals surface area contributed by atoms with E-state index in [9.17, 15) is 9.90 Å². The maximum Gasteiger partial charge on any atom is 0.409 e. The lowest BCUT2D eigenvalue weighted by Crippen LogP contribution is -2.39. The van der Waals surface area contributed by atoms with Gasteiger partial charge in [-0.15, -0.1) is 0 Å². The molecule has 0 N–H and O–H groups in total. The normalized spacial score (nSPS) is 18.9. The number of carbonyl (C=O) groups is 1. The van der Waals surface area contributed by atoms with Gasteiger partial charge in [0.25, 0.3) is 0 Å². The molecule has 0 unspecified atom stereocenters. The molecule has 10 heavy (non-hydrogen) atoms. The van der Waals surface area contributed by atoms with E-state index < -0.39 is 0 Å². The van der Waals surface area contributed by atoms with Gasteiger partial charge in [-0.05, 0) is 6.42 Å². The largest absolute Gasteiger partial charge is 0.449 e. The van der Waals surface area contributed by atoms with Gasteiger partial charge in [0.15, 0.2) is 0 Å². The van der Waals surface area contributed by atoms with Gasteiger partial charge in [0, 0.05) is 6.54 Å². The van der Waals surface area contributed by atoms with Crippen LogP contribution in [0.25, 0.3) is 0 Å². The first kappa shape index (κ1) is 7.34. The van der Waals surface area contributed by atoms with Crippen molar-refractivity contribution in [1.29, 1.82) is 0 Å². The summed E-state index contributed by atoms with van der Waals surface area (Å²) in [5.41, 5.74) is 0. The topological polar surface area (TPSA) is 49.4 Å². The molecule has 1 heterocycles. The fourth-order valence-corrected chi connectivity index (χ4v) is 0.911. The summed E-state index contributed by atoms with van der Waals surface area (Å²) < 4.78 is 4.69. The second-order valence-corrected chi connectivity index (χ2v) is 2.16. The molecular weight excluding hydrogens is 134 g/mol. The van der Waals surface area contributed by atoms with Crippen LogP contribution in [0.2, 0.25) is 0 Å². The van der Waals surface area contributed by atoms with Crippen LogP contribution in [0.15, 0.2) is 0 Å². The van der Waals surface area contributed by atoms with E-state index in [1.54, 1.807) is 0 Å². The molecule has 0 spiro atoms. The van der Waals surface area contributed by atoms with Gasteiger partial charge in [-0.25, -0.2) is 9.90 Å². The molecule has 1 fully saturated rings. The molecule has 1 radical (unpaired) electrons. The third-order valence-corrected chi connectivity index (χ3v) is 1.42. The second kappa shape index (κ2) is 3.41. The minimum absolute atomic E-state index is 0.241. The van der Waals surface area contributed by atoms with Crippen LogP contribution in [0.4, 0.5) is 4.79 Å². The van der Waals surface area contributed by atoms with Crippen LogP contribution in [0, 0.1) is 0 Å². The lowest BCUT2D eigenvalue weighted by molar-refractivity contribution is 0.0580. The van der Waals surface area contributed by atoms with Gasteiger partial charge in [0.1, 0.15) is 0 Å². The summed E-state index contributed by atoms with van der Waals surface area (Å²) in [7, 11) is 0. The first-order valence-corrected chi connectivity index (χ1v) is 3.34. The summed E-state index contributed by atoms with van der Waals surface area (Å²) in [6.07, 6.45) is 0.494. The van der Waals surface area contributed by atoms with Crippen LogP contribution in [-0.4, -0.2) is 37.3 Å². The monoisotopic (exact) mass is 144 g/mol. The summed E-state index contributed by atoms with van der Waals surface area (Å²) in [5.74, 6) is 0. The number of hydrogen-bond acceptors (Lipinski definition) is 2. The molecule has 0 atom stereocenters. The average molecular weight is 144 g/mol. The average Bonchev–Trinajstić information content (AvgIpc) is 1.94. The third kappa shape index (κ3) is 1.60. The summed E-state index contributed by atoms with van der Waals surface area (Å²) in [6.45, 7) is 1.20. The highest BCUT2D eigenvalue weighted by Crippen LogP contribution is 2.02. The molecule has 0 bridgehead atoms. The van der Waals surface area contributed by atoms with Crippen molar-refractivity contribution in [1.82, 2.24) is 4.90 Å². The molecule has 4 nitrogen and oxygen atoms in total. The fourth-order valence-electron chi connectivity index (χ4n) is 0.911. The van der Waals surface area contributed by atoms with E-state index in [-0.39, 0.29) is 19.2 Å². The quantitative estimate of drug-likeness (QED) is 0.558. The van der Waals surface area contributed by atoms with Crippen molar-refractivity contribution >= 4 is 6.09 Å². The van der Waals surface area contributed by atoms with Gasteiger partial charge < -0.3 is 9.64 Å². The molecular formula is C6H10NO3. The lowest BCUT2D eigenvalue weighted by atomic mass is 10.4. The Morgan fingerprint density at radius 2 is 2.40 bits per heavy atom. The van der Waals surface area contributed by atoms with E-state index in [0.29, 0.717) is 13.2 Å². The van der Waals surface area contributed by atoms with Gasteiger partial charge in [0.05, 0.1) is 19.8 Å². The summed E-state index contributed by atoms with van der Waals surface area (Å²) in [4.78, 5) is 12.2. The minimum Gasteiger partial charge on any atom is -0.449 e. The van der Waals surface area contributed by atoms with Crippen LogP contribution in [-0.2, 0) is 9.84 Å². The molecule has 0 aliphatic carbocycles. The minimum atomic E-state index is -0.345. The Balaban J connectivity index is 2.32. The number of ether oxygens (including phenoxy) is 1. The maximum absolute atomic E-state index is 10.7. The molecule has 1 rings (SSSR count). The SMILES string of the molecule is [O]CCN1CCCOC1=O. The van der Waals surface area contributed by atoms with Gasteiger partial charge in [-0.1, -0.05) is 0 Å². The zero-order chi connectivity index (χ0) is 7.40. The second-order valence-electron chi connectivity index (χ2n) is 2.16. The summed E-state index contributed by atoms with van der Waals surface area (Å²) in [5, 5.41) is 10.1. The number of rotatable bonds is 2. The van der Waals surface area contributed by atoms with E-state index in [2.05, 4.69) is 0 Å². The summed E-state index contributed by atoms with van der Waals surface area (Å²) >= 11 is 0. The molecule has 1 amide bonds. The van der Waals surface area contributed by atoms with Crippen LogP contribution in [0.3, 0.4) is 0 Å². The predicted molar refractivity (Wildman–Crippen MR) is 33.1 cm³/mol. The standard InChI is InChI=1S/C6H10NO3/c8-4-3-7-2-1-5-10-6(7)9/h1-5H2. The first-order valence-electron chi connectivity index (χ1n) is 3.34. The molecule has 4 heteroatoms. The van der Waals surface area contributed by atoms with Crippen molar-refractivity contribution in [2.45, 2.75) is 6.42 Å². The number of amides is 1. The van der Waals surface area contributed by atoms with Crippen molar-refractivity contribution in [3.63, 3.8) is 0 Å². The van der Waals surface area contributed by atoms with E-state index in [4.69, 9.17) is 4.74 Å². The van der Waals surface area contributed by atoms with Crippen molar-refractivity contribution in [2.24, 2.45) is 0 Å². The molecule has 0 aromatic rings. The first-order chi connectivity index (χ1) is 4.84. The van der Waals surface area contributed by atoms with E-state index in [1.165, 1.54) is 4.90 Å². The number of cyclic esters (lactones) is 1. The molecule has 1 aliphatic rings. The maximum atomic E-state index is 10.7. The summed E-state index contributed by atoms with van der Waals surface area (Å²) in [6, 6.07) is 0. The van der Waals surface area contributed by atoms with E-state index in [1.807, 2.05) is 0 Å². The highest BCUT2D eigenvalue weighted by Gasteiger charge is 2.18. The smallest absolute Gasteiger partial charge is 0.409 e. The van der Waals surface area contributed by atoms with Crippen molar-refractivity contribution < 1.29 is 14.6 Å². The molecule has 0 saturated carbocycles. The predicted octanol–water partition coefficient (Wildman–Crippen LogP) is 0.259. The van der Waals surface area contributed by atoms with Crippen molar-refractivity contribution in [2.75, 3.05) is 26.3 Å². The van der Waals surface area contributed by atoms with Gasteiger partial charge in [-0.3, -0.25) is 0 Å². The van der Waals surface area contributed by atoms with Crippen LogP contribution >= 0.6 is 0 Å². The zero-order valence-corrected chi connectivity index (χ0v) is 5.71. The Morgan fingerprint density at radius 1 is 1.60 bits per heavy atom. The number of carbonyl (C=O) groups excluding carboxylic acids is 1. The van der Waals surface area contributed by atoms with Gasteiger partial charge in [0.2, 0.25) is 0 Å². The highest BCUT2D eigenvalue weighted by molar-refractivity contribution is 5.68. The van der Waals surface area contributed by atoms with E-state index in [0.717, 1.165) is 6.42 Å². The Labute approximate surface area is 59.4 Å². The third-order valence-electron chi connectivity index (χ3n) is 1.42. The Hall–Kier alpha value is -0.770. The molecule has 57 valence electrons. The van der Waals surface area contributed by atoms with Crippen LogP contribution in [0.5, 0.6) is 0 Å².